The molecule has 92 valence electrons. The molecule has 1 aliphatic rings. The molecule has 0 bridgehead atoms. The van der Waals surface area contributed by atoms with Gasteiger partial charge in [0.05, 0.1) is 16.4 Å². The molecule has 6 heteroatoms. The van der Waals surface area contributed by atoms with Crippen LogP contribution in [0.25, 0.3) is 0 Å². The largest absolute Gasteiger partial charge is 0.397 e. The van der Waals surface area contributed by atoms with Gasteiger partial charge in [-0.15, -0.1) is 0 Å². The van der Waals surface area contributed by atoms with Crippen molar-refractivity contribution < 1.29 is 14.3 Å². The lowest BCUT2D eigenvalue weighted by Gasteiger charge is -2.19. The molecule has 1 heterocycles. The first-order valence-corrected chi connectivity index (χ1v) is 5.56. The molecule has 1 unspecified atom stereocenters. The number of benzene rings is 1. The number of carbonyl (C=O) groups excluding carboxylic acids is 1. The van der Waals surface area contributed by atoms with Gasteiger partial charge in [0, 0.05) is 31.6 Å². The summed E-state index contributed by atoms with van der Waals surface area (Å²) in [6.45, 7) is 0.318. The molecule has 0 aromatic heterocycles. The Kier molecular flexibility index (Phi) is 3.22. The van der Waals surface area contributed by atoms with Gasteiger partial charge in [0.1, 0.15) is 5.82 Å². The summed E-state index contributed by atoms with van der Waals surface area (Å²) < 4.78 is 13.1. The summed E-state index contributed by atoms with van der Waals surface area (Å²) in [7, 11) is 0. The van der Waals surface area contributed by atoms with Crippen LogP contribution in [0.5, 0.6) is 0 Å². The number of hydrogen-bond donors (Lipinski definition) is 2. The fraction of sp³-hybridized carbons (Fsp3) is 0.364. The van der Waals surface area contributed by atoms with E-state index in [-0.39, 0.29) is 35.6 Å². The number of carbonyl (C=O) groups is 1. The van der Waals surface area contributed by atoms with Crippen LogP contribution in [-0.4, -0.2) is 24.2 Å². The maximum absolute atomic E-state index is 13.1. The lowest BCUT2D eigenvalue weighted by molar-refractivity contribution is -0.117. The van der Waals surface area contributed by atoms with E-state index in [2.05, 4.69) is 0 Å². The molecule has 2 rings (SSSR count). The summed E-state index contributed by atoms with van der Waals surface area (Å²) >= 11 is 5.66. The number of rotatable bonds is 2. The minimum absolute atomic E-state index is 0.0585. The first kappa shape index (κ1) is 12.1. The first-order valence-electron chi connectivity index (χ1n) is 5.18. The van der Waals surface area contributed by atoms with Crippen molar-refractivity contribution in [2.45, 2.75) is 6.42 Å². The highest BCUT2D eigenvalue weighted by Gasteiger charge is 2.31. The Morgan fingerprint density at radius 1 is 1.59 bits per heavy atom. The van der Waals surface area contributed by atoms with E-state index in [0.29, 0.717) is 12.2 Å². The van der Waals surface area contributed by atoms with Gasteiger partial charge >= 0.3 is 0 Å². The molecule has 1 fully saturated rings. The summed E-state index contributed by atoms with van der Waals surface area (Å²) in [4.78, 5) is 13.1. The summed E-state index contributed by atoms with van der Waals surface area (Å²) in [5, 5.41) is 8.95. The van der Waals surface area contributed by atoms with E-state index in [1.807, 2.05) is 0 Å². The maximum atomic E-state index is 13.1. The fourth-order valence-electron chi connectivity index (χ4n) is 1.92. The van der Waals surface area contributed by atoms with Gasteiger partial charge in [0.2, 0.25) is 5.91 Å². The molecule has 1 aliphatic heterocycles. The Balaban J connectivity index is 2.35. The van der Waals surface area contributed by atoms with Crippen molar-refractivity contribution >= 4 is 28.9 Å². The fourth-order valence-corrected chi connectivity index (χ4v) is 2.08. The van der Waals surface area contributed by atoms with Crippen LogP contribution >= 0.6 is 11.6 Å². The van der Waals surface area contributed by atoms with E-state index in [9.17, 15) is 9.18 Å². The zero-order chi connectivity index (χ0) is 12.6. The highest BCUT2D eigenvalue weighted by Crippen LogP contribution is 2.33. The number of hydrogen-bond acceptors (Lipinski definition) is 3. The molecule has 17 heavy (non-hydrogen) atoms. The Bertz CT molecular complexity index is 467. The number of nitrogen functional groups attached to an aromatic ring is 1. The van der Waals surface area contributed by atoms with Crippen LogP contribution < -0.4 is 10.6 Å². The van der Waals surface area contributed by atoms with Gasteiger partial charge in [-0.3, -0.25) is 4.79 Å². The minimum atomic E-state index is -0.613. The topological polar surface area (TPSA) is 66.6 Å². The number of nitrogens with two attached hydrogens (primary N) is 1. The number of amides is 1. The van der Waals surface area contributed by atoms with Crippen molar-refractivity contribution in [3.63, 3.8) is 0 Å². The van der Waals surface area contributed by atoms with Crippen molar-refractivity contribution in [3.8, 4) is 0 Å². The standard InChI is InChI=1S/C11H12ClFN2O2/c12-7-2-10(9(14)3-8(7)13)15-4-6(5-16)1-11(15)17/h2-3,6,16H,1,4-5,14H2. The third kappa shape index (κ3) is 2.21. The highest BCUT2D eigenvalue weighted by atomic mass is 35.5. The van der Waals surface area contributed by atoms with E-state index in [1.54, 1.807) is 0 Å². The zero-order valence-electron chi connectivity index (χ0n) is 8.99. The monoisotopic (exact) mass is 258 g/mol. The lowest BCUT2D eigenvalue weighted by Crippen LogP contribution is -2.26. The molecule has 0 aliphatic carbocycles. The predicted octanol–water partition coefficient (Wildman–Crippen LogP) is 1.41. The van der Waals surface area contributed by atoms with Crippen molar-refractivity contribution in [2.75, 3.05) is 23.8 Å². The first-order chi connectivity index (χ1) is 8.02. The summed E-state index contributed by atoms with van der Waals surface area (Å²) in [6.07, 6.45) is 0.269. The average molecular weight is 259 g/mol. The predicted molar refractivity (Wildman–Crippen MR) is 63.4 cm³/mol. The third-order valence-corrected chi connectivity index (χ3v) is 3.11. The van der Waals surface area contributed by atoms with Crippen LogP contribution in [0.15, 0.2) is 12.1 Å². The van der Waals surface area contributed by atoms with Crippen LogP contribution in [0, 0.1) is 11.7 Å². The maximum Gasteiger partial charge on any atom is 0.227 e. The SMILES string of the molecule is Nc1cc(F)c(Cl)cc1N1CC(CO)CC1=O. The van der Waals surface area contributed by atoms with Gasteiger partial charge in [-0.25, -0.2) is 4.39 Å². The van der Waals surface area contributed by atoms with Gasteiger partial charge in [-0.2, -0.15) is 0 Å². The van der Waals surface area contributed by atoms with Gasteiger partial charge in [0.15, 0.2) is 0 Å². The van der Waals surface area contributed by atoms with Crippen LogP contribution in [0.2, 0.25) is 5.02 Å². The Morgan fingerprint density at radius 3 is 2.88 bits per heavy atom. The second-order valence-corrected chi connectivity index (χ2v) is 4.49. The molecule has 1 aromatic rings. The summed E-state index contributed by atoms with van der Waals surface area (Å²) in [5.41, 5.74) is 6.23. The Hall–Kier alpha value is -1.33. The Labute approximate surface area is 103 Å². The molecule has 0 spiro atoms. The van der Waals surface area contributed by atoms with Crippen molar-refractivity contribution in [2.24, 2.45) is 5.92 Å². The second-order valence-electron chi connectivity index (χ2n) is 4.08. The van der Waals surface area contributed by atoms with Gasteiger partial charge in [-0.05, 0) is 6.07 Å². The number of halogens is 2. The summed E-state index contributed by atoms with van der Waals surface area (Å²) in [5.74, 6) is -0.859. The third-order valence-electron chi connectivity index (χ3n) is 2.82. The highest BCUT2D eigenvalue weighted by molar-refractivity contribution is 6.31. The van der Waals surface area contributed by atoms with Gasteiger partial charge in [-0.1, -0.05) is 11.6 Å². The van der Waals surface area contributed by atoms with Crippen molar-refractivity contribution in [1.29, 1.82) is 0 Å². The molecule has 0 saturated carbocycles. The van der Waals surface area contributed by atoms with E-state index >= 15 is 0 Å². The second kappa shape index (κ2) is 4.50. The quantitative estimate of drug-likeness (QED) is 0.788. The van der Waals surface area contributed by atoms with E-state index in [1.165, 1.54) is 11.0 Å². The van der Waals surface area contributed by atoms with Crippen LogP contribution in [0.3, 0.4) is 0 Å². The lowest BCUT2D eigenvalue weighted by atomic mass is 10.1. The molecule has 1 aromatic carbocycles. The molecule has 0 radical (unpaired) electrons. The van der Waals surface area contributed by atoms with E-state index in [4.69, 9.17) is 22.4 Å². The number of anilines is 2. The average Bonchev–Trinajstić information content (AvgIpc) is 2.65. The smallest absolute Gasteiger partial charge is 0.227 e. The number of nitrogens with zero attached hydrogens (tertiary/aromatic N) is 1. The molecule has 4 nitrogen and oxygen atoms in total. The molecular formula is C11H12ClFN2O2. The minimum Gasteiger partial charge on any atom is -0.397 e. The van der Waals surface area contributed by atoms with Crippen LogP contribution in [0.4, 0.5) is 15.8 Å². The van der Waals surface area contributed by atoms with Gasteiger partial charge < -0.3 is 15.7 Å². The summed E-state index contributed by atoms with van der Waals surface area (Å²) in [6, 6.07) is 2.43. The Morgan fingerprint density at radius 2 is 2.29 bits per heavy atom. The molecule has 1 atom stereocenters. The van der Waals surface area contributed by atoms with Crippen molar-refractivity contribution in [3.05, 3.63) is 23.0 Å². The van der Waals surface area contributed by atoms with Crippen molar-refractivity contribution in [1.82, 2.24) is 0 Å². The molecule has 1 amide bonds. The van der Waals surface area contributed by atoms with Gasteiger partial charge in [0.25, 0.3) is 0 Å². The zero-order valence-corrected chi connectivity index (χ0v) is 9.75. The van der Waals surface area contributed by atoms with Crippen LogP contribution in [0.1, 0.15) is 6.42 Å². The normalized spacial score (nSPS) is 20.1. The van der Waals surface area contributed by atoms with E-state index < -0.39 is 5.82 Å². The molecule has 1 saturated heterocycles. The molecule has 3 N–H and O–H groups in total. The van der Waals surface area contributed by atoms with Crippen LogP contribution in [-0.2, 0) is 4.79 Å². The number of aliphatic hydroxyl groups excluding tert-OH is 1. The molecular weight excluding hydrogens is 247 g/mol. The number of aliphatic hydroxyl groups is 1. The van der Waals surface area contributed by atoms with E-state index in [0.717, 1.165) is 6.07 Å².